The number of likely N-dealkylation sites (tertiary alicyclic amines) is 1. The highest BCUT2D eigenvalue weighted by Crippen LogP contribution is 2.46. The predicted molar refractivity (Wildman–Crippen MR) is 105 cm³/mol. The zero-order valence-corrected chi connectivity index (χ0v) is 15.8. The minimum Gasteiger partial charge on any atom is -0.497 e. The van der Waals surface area contributed by atoms with Gasteiger partial charge in [0.25, 0.3) is 5.91 Å². The molecule has 4 heteroatoms. The number of piperidine rings is 1. The van der Waals surface area contributed by atoms with Gasteiger partial charge in [-0.1, -0.05) is 30.3 Å². The summed E-state index contributed by atoms with van der Waals surface area (Å²) in [5, 5.41) is 11.3. The maximum atomic E-state index is 12.7. The van der Waals surface area contributed by atoms with Gasteiger partial charge in [0.05, 0.1) is 12.7 Å². The van der Waals surface area contributed by atoms with Gasteiger partial charge in [0.1, 0.15) is 5.75 Å². The normalized spacial score (nSPS) is 27.7. The van der Waals surface area contributed by atoms with Crippen molar-refractivity contribution in [3.05, 3.63) is 65.7 Å². The zero-order valence-electron chi connectivity index (χ0n) is 15.8. The van der Waals surface area contributed by atoms with E-state index in [0.29, 0.717) is 11.8 Å². The summed E-state index contributed by atoms with van der Waals surface area (Å²) in [6.07, 6.45) is 3.43. The Kier molecular flexibility index (Phi) is 4.92. The lowest BCUT2D eigenvalue weighted by Crippen LogP contribution is -2.48. The second-order valence-electron chi connectivity index (χ2n) is 7.93. The van der Waals surface area contributed by atoms with Gasteiger partial charge in [0.15, 0.2) is 0 Å². The highest BCUT2D eigenvalue weighted by Gasteiger charge is 2.43. The Balaban J connectivity index is 1.43. The Hall–Kier alpha value is -2.33. The molecule has 1 aliphatic heterocycles. The van der Waals surface area contributed by atoms with Crippen LogP contribution in [0.2, 0.25) is 0 Å². The van der Waals surface area contributed by atoms with E-state index in [0.717, 1.165) is 55.6 Å². The first-order valence-corrected chi connectivity index (χ1v) is 9.80. The van der Waals surface area contributed by atoms with E-state index in [-0.39, 0.29) is 5.91 Å². The molecule has 3 atom stereocenters. The topological polar surface area (TPSA) is 49.8 Å². The fourth-order valence-electron chi connectivity index (χ4n) is 4.75. The molecule has 4 nitrogen and oxygen atoms in total. The highest BCUT2D eigenvalue weighted by molar-refractivity contribution is 5.94. The molecule has 4 rings (SSSR count). The summed E-state index contributed by atoms with van der Waals surface area (Å²) in [6.45, 7) is 1.57. The average Bonchev–Trinajstić information content (AvgIpc) is 2.73. The van der Waals surface area contributed by atoms with Crippen LogP contribution < -0.4 is 4.74 Å². The Morgan fingerprint density at radius 2 is 1.81 bits per heavy atom. The molecule has 2 aromatic carbocycles. The number of carbonyl (C=O) groups excluding carboxylic acids is 1. The van der Waals surface area contributed by atoms with Gasteiger partial charge < -0.3 is 14.7 Å². The molecule has 1 N–H and O–H groups in total. The van der Waals surface area contributed by atoms with E-state index in [9.17, 15) is 9.90 Å². The van der Waals surface area contributed by atoms with Gasteiger partial charge >= 0.3 is 0 Å². The average molecular weight is 365 g/mol. The number of aliphatic hydroxyl groups is 1. The van der Waals surface area contributed by atoms with Crippen LogP contribution >= 0.6 is 0 Å². The minimum absolute atomic E-state index is 0.130. The maximum Gasteiger partial charge on any atom is 0.253 e. The summed E-state index contributed by atoms with van der Waals surface area (Å²) >= 11 is 0. The van der Waals surface area contributed by atoms with E-state index in [1.54, 1.807) is 7.11 Å². The number of hydrogen-bond donors (Lipinski definition) is 1. The van der Waals surface area contributed by atoms with Crippen LogP contribution in [0.4, 0.5) is 0 Å². The van der Waals surface area contributed by atoms with Gasteiger partial charge in [-0.2, -0.15) is 0 Å². The van der Waals surface area contributed by atoms with Crippen LogP contribution in [0.5, 0.6) is 5.75 Å². The van der Waals surface area contributed by atoms with E-state index < -0.39 is 5.60 Å². The molecule has 1 saturated carbocycles. The number of nitrogens with zero attached hydrogens (tertiary/aromatic N) is 1. The number of benzene rings is 2. The van der Waals surface area contributed by atoms with Crippen molar-refractivity contribution in [1.82, 2.24) is 4.90 Å². The lowest BCUT2D eigenvalue weighted by molar-refractivity contribution is -0.0575. The highest BCUT2D eigenvalue weighted by atomic mass is 16.5. The van der Waals surface area contributed by atoms with Crippen LogP contribution in [0.1, 0.15) is 41.6 Å². The second-order valence-corrected chi connectivity index (χ2v) is 7.93. The molecule has 1 heterocycles. The molecule has 1 unspecified atom stereocenters. The number of hydrogen-bond acceptors (Lipinski definition) is 3. The maximum absolute atomic E-state index is 12.7. The Morgan fingerprint density at radius 3 is 2.52 bits per heavy atom. The van der Waals surface area contributed by atoms with E-state index in [2.05, 4.69) is 0 Å². The van der Waals surface area contributed by atoms with Crippen molar-refractivity contribution >= 4 is 5.91 Å². The molecule has 2 aromatic rings. The van der Waals surface area contributed by atoms with Gasteiger partial charge in [-0.05, 0) is 67.3 Å². The van der Waals surface area contributed by atoms with E-state index in [1.807, 2.05) is 59.5 Å². The molecule has 1 amide bonds. The molecule has 1 saturated heterocycles. The summed E-state index contributed by atoms with van der Waals surface area (Å²) < 4.78 is 5.23. The summed E-state index contributed by atoms with van der Waals surface area (Å²) in [5.74, 6) is 1.88. The number of methoxy groups -OCH3 is 1. The smallest absolute Gasteiger partial charge is 0.253 e. The quantitative estimate of drug-likeness (QED) is 0.899. The standard InChI is InChI=1S/C23H27NO3/c1-27-21-9-7-20(8-10-21)23(26)13-11-19-16-24(14-12-18(19)15-23)22(25)17-5-3-2-4-6-17/h2-10,18-19,26H,11-16H2,1H3/t18-,19+,23?/m1/s1. The summed E-state index contributed by atoms with van der Waals surface area (Å²) in [6, 6.07) is 17.3. The van der Waals surface area contributed by atoms with Crippen molar-refractivity contribution in [3.8, 4) is 5.75 Å². The van der Waals surface area contributed by atoms with Gasteiger partial charge in [0.2, 0.25) is 0 Å². The fourth-order valence-corrected chi connectivity index (χ4v) is 4.75. The predicted octanol–water partition coefficient (Wildman–Crippen LogP) is 3.85. The van der Waals surface area contributed by atoms with Crippen molar-refractivity contribution in [2.24, 2.45) is 11.8 Å². The first-order valence-electron chi connectivity index (χ1n) is 9.80. The lowest BCUT2D eigenvalue weighted by Gasteiger charge is -2.47. The van der Waals surface area contributed by atoms with Crippen molar-refractivity contribution in [3.63, 3.8) is 0 Å². The summed E-state index contributed by atoms with van der Waals surface area (Å²) in [5.41, 5.74) is 0.977. The van der Waals surface area contributed by atoms with E-state index in [1.165, 1.54) is 0 Å². The Labute approximate surface area is 160 Å². The molecule has 2 fully saturated rings. The molecule has 0 bridgehead atoms. The van der Waals surface area contributed by atoms with E-state index in [4.69, 9.17) is 4.74 Å². The molecule has 142 valence electrons. The first kappa shape index (κ1) is 18.1. The van der Waals surface area contributed by atoms with Crippen LogP contribution in [-0.2, 0) is 5.60 Å². The molecule has 0 radical (unpaired) electrons. The molecule has 2 aliphatic rings. The minimum atomic E-state index is -0.765. The fraction of sp³-hybridized carbons (Fsp3) is 0.435. The number of carbonyl (C=O) groups is 1. The van der Waals surface area contributed by atoms with Gasteiger partial charge in [-0.15, -0.1) is 0 Å². The molecule has 0 aromatic heterocycles. The van der Waals surface area contributed by atoms with Crippen molar-refractivity contribution < 1.29 is 14.6 Å². The molecular weight excluding hydrogens is 338 g/mol. The van der Waals surface area contributed by atoms with E-state index >= 15 is 0 Å². The molecule has 27 heavy (non-hydrogen) atoms. The van der Waals surface area contributed by atoms with Crippen molar-refractivity contribution in [1.29, 1.82) is 0 Å². The largest absolute Gasteiger partial charge is 0.497 e. The van der Waals surface area contributed by atoms with Crippen LogP contribution in [0.15, 0.2) is 54.6 Å². The Morgan fingerprint density at radius 1 is 1.07 bits per heavy atom. The molecular formula is C23H27NO3. The monoisotopic (exact) mass is 365 g/mol. The number of rotatable bonds is 3. The Bertz CT molecular complexity index is 789. The van der Waals surface area contributed by atoms with Crippen LogP contribution in [-0.4, -0.2) is 36.1 Å². The number of fused-ring (bicyclic) bond motifs is 1. The zero-order chi connectivity index (χ0) is 18.9. The third kappa shape index (κ3) is 3.59. The first-order chi connectivity index (χ1) is 13.1. The van der Waals surface area contributed by atoms with Crippen molar-refractivity contribution in [2.45, 2.75) is 31.3 Å². The van der Waals surface area contributed by atoms with Crippen LogP contribution in [0.25, 0.3) is 0 Å². The van der Waals surface area contributed by atoms with Gasteiger partial charge in [0, 0.05) is 18.7 Å². The third-order valence-electron chi connectivity index (χ3n) is 6.36. The lowest BCUT2D eigenvalue weighted by atomic mass is 9.66. The molecule has 0 spiro atoms. The van der Waals surface area contributed by atoms with Crippen LogP contribution in [0.3, 0.4) is 0 Å². The molecule has 1 aliphatic carbocycles. The third-order valence-corrected chi connectivity index (χ3v) is 6.36. The SMILES string of the molecule is COc1ccc(C2(O)CC[C@H]3CN(C(=O)c4ccccc4)CC[C@@H]3C2)cc1. The van der Waals surface area contributed by atoms with Gasteiger partial charge in [-0.25, -0.2) is 0 Å². The number of amides is 1. The van der Waals surface area contributed by atoms with Crippen LogP contribution in [0, 0.1) is 11.8 Å². The second kappa shape index (κ2) is 7.35. The number of ether oxygens (including phenoxy) is 1. The van der Waals surface area contributed by atoms with Gasteiger partial charge in [-0.3, -0.25) is 4.79 Å². The van der Waals surface area contributed by atoms with Crippen molar-refractivity contribution in [2.75, 3.05) is 20.2 Å². The summed E-state index contributed by atoms with van der Waals surface area (Å²) in [7, 11) is 1.65. The summed E-state index contributed by atoms with van der Waals surface area (Å²) in [4.78, 5) is 14.7.